The van der Waals surface area contributed by atoms with Crippen LogP contribution in [0.4, 0.5) is 0 Å². The molecule has 0 radical (unpaired) electrons. The standard InChI is InChI=1S/C17H22N4O2S/c18-15(22)10-5-7-21(8-6-10)9-13-19-16(23)14-11-3-1-2-4-12(11)24-17(14)20-13/h10H,1-9H2,(H2,18,22)(H,19,20,23). The van der Waals surface area contributed by atoms with E-state index in [-0.39, 0.29) is 17.4 Å². The molecule has 128 valence electrons. The molecule has 1 aliphatic carbocycles. The number of piperidine rings is 1. The number of H-pyrrole nitrogens is 1. The fourth-order valence-corrected chi connectivity index (χ4v) is 5.15. The molecule has 1 amide bonds. The van der Waals surface area contributed by atoms with Gasteiger partial charge in [0, 0.05) is 10.8 Å². The lowest BCUT2D eigenvalue weighted by atomic mass is 9.96. The first-order chi connectivity index (χ1) is 11.6. The van der Waals surface area contributed by atoms with Gasteiger partial charge in [-0.15, -0.1) is 11.3 Å². The maximum atomic E-state index is 12.5. The highest BCUT2D eigenvalue weighted by Gasteiger charge is 2.24. The summed E-state index contributed by atoms with van der Waals surface area (Å²) in [6.45, 7) is 2.26. The Bertz CT molecular complexity index is 833. The molecule has 1 saturated heterocycles. The number of nitrogens with zero attached hydrogens (tertiary/aromatic N) is 2. The van der Waals surface area contributed by atoms with Gasteiger partial charge in [0.15, 0.2) is 0 Å². The van der Waals surface area contributed by atoms with E-state index in [1.165, 1.54) is 16.9 Å². The minimum absolute atomic E-state index is 0.00132. The molecule has 4 rings (SSSR count). The molecule has 24 heavy (non-hydrogen) atoms. The zero-order valence-corrected chi connectivity index (χ0v) is 14.5. The fourth-order valence-electron chi connectivity index (χ4n) is 3.87. The van der Waals surface area contributed by atoms with Gasteiger partial charge < -0.3 is 10.7 Å². The van der Waals surface area contributed by atoms with E-state index in [4.69, 9.17) is 10.7 Å². The van der Waals surface area contributed by atoms with E-state index >= 15 is 0 Å². The van der Waals surface area contributed by atoms with Gasteiger partial charge in [-0.05, 0) is 57.2 Å². The maximum Gasteiger partial charge on any atom is 0.259 e. The zero-order valence-electron chi connectivity index (χ0n) is 13.6. The quantitative estimate of drug-likeness (QED) is 0.882. The van der Waals surface area contributed by atoms with Gasteiger partial charge in [0.25, 0.3) is 5.56 Å². The first kappa shape index (κ1) is 15.8. The molecular weight excluding hydrogens is 324 g/mol. The lowest BCUT2D eigenvalue weighted by Crippen LogP contribution is -2.38. The summed E-state index contributed by atoms with van der Waals surface area (Å²) in [5, 5.41) is 0.811. The Balaban J connectivity index is 1.55. The van der Waals surface area contributed by atoms with Crippen LogP contribution in [0.5, 0.6) is 0 Å². The number of fused-ring (bicyclic) bond motifs is 3. The normalized spacial score (nSPS) is 19.5. The van der Waals surface area contributed by atoms with Gasteiger partial charge in [0.2, 0.25) is 5.91 Å². The molecule has 7 heteroatoms. The van der Waals surface area contributed by atoms with Gasteiger partial charge in [0.1, 0.15) is 10.7 Å². The molecule has 2 aromatic rings. The van der Waals surface area contributed by atoms with Crippen molar-refractivity contribution in [2.24, 2.45) is 11.7 Å². The number of rotatable bonds is 3. The number of primary amides is 1. The number of aryl methyl sites for hydroxylation is 2. The Kier molecular flexibility index (Phi) is 4.14. The summed E-state index contributed by atoms with van der Waals surface area (Å²) in [5.74, 6) is 0.509. The monoisotopic (exact) mass is 346 g/mol. The van der Waals surface area contributed by atoms with Gasteiger partial charge in [-0.2, -0.15) is 0 Å². The van der Waals surface area contributed by atoms with Gasteiger partial charge in [-0.3, -0.25) is 14.5 Å². The molecule has 0 saturated carbocycles. The molecule has 0 aromatic carbocycles. The van der Waals surface area contributed by atoms with Gasteiger partial charge in [-0.25, -0.2) is 4.98 Å². The highest BCUT2D eigenvalue weighted by Crippen LogP contribution is 2.33. The number of carbonyl (C=O) groups excluding carboxylic acids is 1. The molecular formula is C17H22N4O2S. The highest BCUT2D eigenvalue weighted by molar-refractivity contribution is 7.18. The first-order valence-corrected chi connectivity index (χ1v) is 9.48. The third kappa shape index (κ3) is 2.86. The van der Waals surface area contributed by atoms with Crippen LogP contribution in [0.25, 0.3) is 10.2 Å². The predicted molar refractivity (Wildman–Crippen MR) is 94.1 cm³/mol. The molecule has 0 spiro atoms. The second kappa shape index (κ2) is 6.29. The maximum absolute atomic E-state index is 12.5. The van der Waals surface area contributed by atoms with E-state index in [0.29, 0.717) is 6.54 Å². The largest absolute Gasteiger partial charge is 0.369 e. The minimum atomic E-state index is -0.202. The Labute approximate surface area is 144 Å². The number of likely N-dealkylation sites (tertiary alicyclic amines) is 1. The van der Waals surface area contributed by atoms with Crippen LogP contribution in [0.15, 0.2) is 4.79 Å². The number of hydrogen-bond donors (Lipinski definition) is 2. The van der Waals surface area contributed by atoms with Crippen LogP contribution in [-0.2, 0) is 24.2 Å². The summed E-state index contributed by atoms with van der Waals surface area (Å²) < 4.78 is 0. The van der Waals surface area contributed by atoms with Crippen molar-refractivity contribution < 1.29 is 4.79 Å². The van der Waals surface area contributed by atoms with Gasteiger partial charge in [0.05, 0.1) is 11.9 Å². The van der Waals surface area contributed by atoms with Crippen LogP contribution in [-0.4, -0.2) is 33.9 Å². The Hall–Kier alpha value is -1.73. The molecule has 0 atom stereocenters. The van der Waals surface area contributed by atoms with Crippen molar-refractivity contribution in [3.8, 4) is 0 Å². The topological polar surface area (TPSA) is 92.1 Å². The van der Waals surface area contributed by atoms with E-state index in [0.717, 1.165) is 61.2 Å². The highest BCUT2D eigenvalue weighted by atomic mass is 32.1. The molecule has 0 bridgehead atoms. The number of thiophene rings is 1. The van der Waals surface area contributed by atoms with Crippen molar-refractivity contribution >= 4 is 27.5 Å². The van der Waals surface area contributed by atoms with Crippen molar-refractivity contribution in [3.63, 3.8) is 0 Å². The summed E-state index contributed by atoms with van der Waals surface area (Å²) in [5.41, 5.74) is 6.61. The Morgan fingerprint density at radius 1 is 1.29 bits per heavy atom. The minimum Gasteiger partial charge on any atom is -0.369 e. The number of nitrogens with one attached hydrogen (secondary N) is 1. The molecule has 0 unspecified atom stereocenters. The zero-order chi connectivity index (χ0) is 16.7. The second-order valence-electron chi connectivity index (χ2n) is 6.86. The summed E-state index contributed by atoms with van der Waals surface area (Å²) in [7, 11) is 0. The number of carbonyl (C=O) groups is 1. The van der Waals surface area contributed by atoms with E-state index in [2.05, 4.69) is 9.88 Å². The number of nitrogens with two attached hydrogens (primary N) is 1. The van der Waals surface area contributed by atoms with E-state index < -0.39 is 0 Å². The average molecular weight is 346 g/mol. The summed E-state index contributed by atoms with van der Waals surface area (Å²) >= 11 is 1.68. The van der Waals surface area contributed by atoms with Crippen molar-refractivity contribution in [1.29, 1.82) is 0 Å². The van der Waals surface area contributed by atoms with Crippen molar-refractivity contribution in [1.82, 2.24) is 14.9 Å². The molecule has 3 N–H and O–H groups in total. The second-order valence-corrected chi connectivity index (χ2v) is 7.94. The van der Waals surface area contributed by atoms with Crippen molar-refractivity contribution in [2.75, 3.05) is 13.1 Å². The number of aromatic nitrogens is 2. The first-order valence-electron chi connectivity index (χ1n) is 8.67. The van der Waals surface area contributed by atoms with Gasteiger partial charge >= 0.3 is 0 Å². The number of aromatic amines is 1. The van der Waals surface area contributed by atoms with Crippen molar-refractivity contribution in [2.45, 2.75) is 45.1 Å². The van der Waals surface area contributed by atoms with Crippen LogP contribution in [0.2, 0.25) is 0 Å². The summed E-state index contributed by atoms with van der Waals surface area (Å²) in [6, 6.07) is 0. The van der Waals surface area contributed by atoms with Crippen molar-refractivity contribution in [3.05, 3.63) is 26.6 Å². The Morgan fingerprint density at radius 2 is 2.04 bits per heavy atom. The van der Waals surface area contributed by atoms with Crippen LogP contribution in [0.3, 0.4) is 0 Å². The van der Waals surface area contributed by atoms with Crippen LogP contribution in [0.1, 0.15) is 41.9 Å². The summed E-state index contributed by atoms with van der Waals surface area (Å²) in [4.78, 5) is 35.9. The third-order valence-corrected chi connectivity index (χ3v) is 6.42. The number of amides is 1. The summed E-state index contributed by atoms with van der Waals surface area (Å²) in [6.07, 6.45) is 6.02. The Morgan fingerprint density at radius 3 is 2.79 bits per heavy atom. The molecule has 1 fully saturated rings. The molecule has 1 aliphatic heterocycles. The van der Waals surface area contributed by atoms with E-state index in [1.807, 2.05) is 0 Å². The smallest absolute Gasteiger partial charge is 0.259 e. The average Bonchev–Trinajstić information content (AvgIpc) is 2.94. The van der Waals surface area contributed by atoms with E-state index in [1.54, 1.807) is 11.3 Å². The van der Waals surface area contributed by atoms with Crippen LogP contribution in [0, 0.1) is 5.92 Å². The lowest BCUT2D eigenvalue weighted by molar-refractivity contribution is -0.123. The molecule has 2 aliphatic rings. The number of hydrogen-bond acceptors (Lipinski definition) is 5. The fraction of sp³-hybridized carbons (Fsp3) is 0.588. The SMILES string of the molecule is NC(=O)C1CCN(Cc2nc3sc4c(c3c(=O)[nH]2)CCCC4)CC1. The van der Waals surface area contributed by atoms with Crippen LogP contribution < -0.4 is 11.3 Å². The molecule has 3 heterocycles. The van der Waals surface area contributed by atoms with Gasteiger partial charge in [-0.1, -0.05) is 0 Å². The lowest BCUT2D eigenvalue weighted by Gasteiger charge is -2.29. The predicted octanol–water partition coefficient (Wildman–Crippen LogP) is 1.56. The van der Waals surface area contributed by atoms with Crippen LogP contribution >= 0.6 is 11.3 Å². The third-order valence-electron chi connectivity index (χ3n) is 5.24. The molecule has 6 nitrogen and oxygen atoms in total. The van der Waals surface area contributed by atoms with E-state index in [9.17, 15) is 9.59 Å². The molecule has 2 aromatic heterocycles.